The Morgan fingerprint density at radius 1 is 1.45 bits per heavy atom. The molecule has 2 rings (SSSR count). The highest BCUT2D eigenvalue weighted by Crippen LogP contribution is 2.17. The van der Waals surface area contributed by atoms with Crippen molar-refractivity contribution in [1.29, 1.82) is 0 Å². The molecule has 0 aliphatic carbocycles. The number of halogens is 1. The second-order valence-electron chi connectivity index (χ2n) is 4.14. The first kappa shape index (κ1) is 14.6. The highest BCUT2D eigenvalue weighted by atomic mass is 79.9. The zero-order valence-electron chi connectivity index (χ0n) is 11.3. The van der Waals surface area contributed by atoms with E-state index in [1.807, 2.05) is 31.2 Å². The molecule has 0 spiro atoms. The Morgan fingerprint density at radius 3 is 2.95 bits per heavy atom. The molecule has 0 atom stereocenters. The maximum atomic E-state index is 11.6. The molecule has 0 fully saturated rings. The van der Waals surface area contributed by atoms with Crippen LogP contribution >= 0.6 is 15.9 Å². The summed E-state index contributed by atoms with van der Waals surface area (Å²) in [6, 6.07) is 7.61. The van der Waals surface area contributed by atoms with Crippen LogP contribution in [0.5, 0.6) is 5.75 Å². The number of hydrogen-bond acceptors (Lipinski definition) is 4. The molecule has 0 amide bonds. The van der Waals surface area contributed by atoms with Crippen molar-refractivity contribution in [3.05, 3.63) is 46.5 Å². The highest BCUT2D eigenvalue weighted by molar-refractivity contribution is 9.10. The third-order valence-electron chi connectivity index (χ3n) is 2.83. The minimum Gasteiger partial charge on any atom is -0.492 e. The number of carbonyl (C=O) groups is 1. The maximum Gasteiger partial charge on any atom is 0.356 e. The Bertz CT molecular complexity index is 610. The minimum absolute atomic E-state index is 0.395. The Hall–Kier alpha value is -1.82. The summed E-state index contributed by atoms with van der Waals surface area (Å²) >= 11 is 3.39. The summed E-state index contributed by atoms with van der Waals surface area (Å²) in [5.74, 6) is 1.13. The molecule has 6 heteroatoms. The smallest absolute Gasteiger partial charge is 0.356 e. The SMILES string of the molecule is COC(=O)c1cnc(C)n1CCOc1cccc(Br)c1. The maximum absolute atomic E-state index is 11.6. The zero-order chi connectivity index (χ0) is 14.5. The third kappa shape index (κ3) is 3.39. The molecule has 2 aromatic rings. The molecule has 106 valence electrons. The molecule has 1 aromatic carbocycles. The lowest BCUT2D eigenvalue weighted by Crippen LogP contribution is -2.16. The number of esters is 1. The van der Waals surface area contributed by atoms with Crippen molar-refractivity contribution in [2.45, 2.75) is 13.5 Å². The number of aromatic nitrogens is 2. The number of aryl methyl sites for hydroxylation is 1. The van der Waals surface area contributed by atoms with E-state index < -0.39 is 5.97 Å². The molecule has 0 radical (unpaired) electrons. The van der Waals surface area contributed by atoms with Gasteiger partial charge in [0.1, 0.15) is 23.9 Å². The normalized spacial score (nSPS) is 10.3. The average molecular weight is 339 g/mol. The van der Waals surface area contributed by atoms with Crippen LogP contribution in [0.1, 0.15) is 16.3 Å². The summed E-state index contributed by atoms with van der Waals surface area (Å²) in [5.41, 5.74) is 0.433. The van der Waals surface area contributed by atoms with Crippen molar-refractivity contribution in [3.63, 3.8) is 0 Å². The lowest BCUT2D eigenvalue weighted by Gasteiger charge is -2.10. The van der Waals surface area contributed by atoms with Crippen LogP contribution in [-0.2, 0) is 11.3 Å². The van der Waals surface area contributed by atoms with Gasteiger partial charge in [0.25, 0.3) is 0 Å². The number of carbonyl (C=O) groups excluding carboxylic acids is 1. The van der Waals surface area contributed by atoms with Gasteiger partial charge in [0.15, 0.2) is 0 Å². The highest BCUT2D eigenvalue weighted by Gasteiger charge is 2.14. The number of rotatable bonds is 5. The van der Waals surface area contributed by atoms with E-state index in [1.165, 1.54) is 13.3 Å². The van der Waals surface area contributed by atoms with E-state index in [9.17, 15) is 4.79 Å². The van der Waals surface area contributed by atoms with E-state index in [-0.39, 0.29) is 0 Å². The van der Waals surface area contributed by atoms with Crippen LogP contribution in [0, 0.1) is 6.92 Å². The van der Waals surface area contributed by atoms with Crippen molar-refractivity contribution >= 4 is 21.9 Å². The third-order valence-corrected chi connectivity index (χ3v) is 3.32. The molecule has 5 nitrogen and oxygen atoms in total. The molecule has 0 aliphatic heterocycles. The van der Waals surface area contributed by atoms with E-state index in [0.29, 0.717) is 18.8 Å². The fourth-order valence-electron chi connectivity index (χ4n) is 1.83. The van der Waals surface area contributed by atoms with Gasteiger partial charge in [-0.15, -0.1) is 0 Å². The fourth-order valence-corrected chi connectivity index (χ4v) is 2.21. The van der Waals surface area contributed by atoms with Crippen LogP contribution in [0.4, 0.5) is 0 Å². The predicted octanol–water partition coefficient (Wildman–Crippen LogP) is 2.82. The van der Waals surface area contributed by atoms with Crippen molar-refractivity contribution in [2.24, 2.45) is 0 Å². The number of benzene rings is 1. The van der Waals surface area contributed by atoms with Crippen LogP contribution in [-0.4, -0.2) is 29.2 Å². The summed E-state index contributed by atoms with van der Waals surface area (Å²) in [4.78, 5) is 15.7. The second-order valence-corrected chi connectivity index (χ2v) is 5.06. The fraction of sp³-hybridized carbons (Fsp3) is 0.286. The van der Waals surface area contributed by atoms with Gasteiger partial charge >= 0.3 is 5.97 Å². The van der Waals surface area contributed by atoms with E-state index >= 15 is 0 Å². The summed E-state index contributed by atoms with van der Waals surface area (Å²) in [6.45, 7) is 2.81. The van der Waals surface area contributed by atoms with Gasteiger partial charge in [-0.05, 0) is 25.1 Å². The summed E-state index contributed by atoms with van der Waals surface area (Å²) in [7, 11) is 1.35. The van der Waals surface area contributed by atoms with Crippen LogP contribution in [0.25, 0.3) is 0 Å². The van der Waals surface area contributed by atoms with Crippen LogP contribution in [0.15, 0.2) is 34.9 Å². The summed E-state index contributed by atoms with van der Waals surface area (Å²) in [6.07, 6.45) is 1.51. The monoisotopic (exact) mass is 338 g/mol. The predicted molar refractivity (Wildman–Crippen MR) is 77.9 cm³/mol. The number of hydrogen-bond donors (Lipinski definition) is 0. The van der Waals surface area contributed by atoms with Gasteiger partial charge in [0.05, 0.1) is 19.9 Å². The number of ether oxygens (including phenoxy) is 2. The van der Waals surface area contributed by atoms with Gasteiger partial charge in [-0.1, -0.05) is 22.0 Å². The van der Waals surface area contributed by atoms with E-state index in [4.69, 9.17) is 9.47 Å². The van der Waals surface area contributed by atoms with E-state index in [2.05, 4.69) is 20.9 Å². The van der Waals surface area contributed by atoms with E-state index in [1.54, 1.807) is 4.57 Å². The quantitative estimate of drug-likeness (QED) is 0.786. The molecule has 0 unspecified atom stereocenters. The van der Waals surface area contributed by atoms with Gasteiger partial charge in [0.2, 0.25) is 0 Å². The van der Waals surface area contributed by atoms with Gasteiger partial charge in [0, 0.05) is 4.47 Å². The Morgan fingerprint density at radius 2 is 2.25 bits per heavy atom. The summed E-state index contributed by atoms with van der Waals surface area (Å²) < 4.78 is 13.1. The average Bonchev–Trinajstić information content (AvgIpc) is 2.80. The van der Waals surface area contributed by atoms with Crippen molar-refractivity contribution in [1.82, 2.24) is 9.55 Å². The zero-order valence-corrected chi connectivity index (χ0v) is 12.9. The van der Waals surface area contributed by atoms with Crippen LogP contribution in [0.3, 0.4) is 0 Å². The molecule has 1 aromatic heterocycles. The topological polar surface area (TPSA) is 53.3 Å². The van der Waals surface area contributed by atoms with Crippen molar-refractivity contribution < 1.29 is 14.3 Å². The first-order chi connectivity index (χ1) is 9.61. The second kappa shape index (κ2) is 6.56. The van der Waals surface area contributed by atoms with Crippen molar-refractivity contribution in [3.8, 4) is 5.75 Å². The summed E-state index contributed by atoms with van der Waals surface area (Å²) in [5, 5.41) is 0. The largest absolute Gasteiger partial charge is 0.492 e. The first-order valence-electron chi connectivity index (χ1n) is 6.10. The van der Waals surface area contributed by atoms with Gasteiger partial charge < -0.3 is 14.0 Å². The van der Waals surface area contributed by atoms with Gasteiger partial charge in [-0.2, -0.15) is 0 Å². The standard InChI is InChI=1S/C14H15BrN2O3/c1-10-16-9-13(14(18)19-2)17(10)6-7-20-12-5-3-4-11(15)8-12/h3-5,8-9H,6-7H2,1-2H3. The molecule has 1 heterocycles. The Balaban J connectivity index is 2.01. The lowest BCUT2D eigenvalue weighted by molar-refractivity contribution is 0.0587. The number of nitrogens with zero attached hydrogens (tertiary/aromatic N) is 2. The Labute approximate surface area is 125 Å². The van der Waals surface area contributed by atoms with Crippen molar-refractivity contribution in [2.75, 3.05) is 13.7 Å². The van der Waals surface area contributed by atoms with E-state index in [0.717, 1.165) is 16.0 Å². The van der Waals surface area contributed by atoms with Crippen LogP contribution in [0.2, 0.25) is 0 Å². The van der Waals surface area contributed by atoms with Crippen LogP contribution < -0.4 is 4.74 Å². The first-order valence-corrected chi connectivity index (χ1v) is 6.90. The molecule has 20 heavy (non-hydrogen) atoms. The Kier molecular flexibility index (Phi) is 4.79. The molecule has 0 saturated carbocycles. The molecule has 0 saturated heterocycles. The molecular weight excluding hydrogens is 324 g/mol. The van der Waals surface area contributed by atoms with Gasteiger partial charge in [-0.3, -0.25) is 0 Å². The minimum atomic E-state index is -0.395. The lowest BCUT2D eigenvalue weighted by atomic mass is 10.3. The van der Waals surface area contributed by atoms with Gasteiger partial charge in [-0.25, -0.2) is 9.78 Å². The molecular formula is C14H15BrN2O3. The number of methoxy groups -OCH3 is 1. The molecule has 0 aliphatic rings. The number of imidazole rings is 1. The molecule has 0 bridgehead atoms. The molecule has 0 N–H and O–H groups in total.